The van der Waals surface area contributed by atoms with Crippen LogP contribution in [0, 0.1) is 0 Å². The number of piperazine rings is 1. The van der Waals surface area contributed by atoms with E-state index in [1.54, 1.807) is 11.8 Å². The molecule has 0 unspecified atom stereocenters. The maximum absolute atomic E-state index is 12.1. The number of amides is 3. The second-order valence-electron chi connectivity index (χ2n) is 6.30. The van der Waals surface area contributed by atoms with E-state index in [0.29, 0.717) is 32.8 Å². The Morgan fingerprint density at radius 1 is 1.04 bits per heavy atom. The number of nitrogens with one attached hydrogen (secondary N) is 2. The molecule has 0 aromatic heterocycles. The number of benzene rings is 1. The molecule has 27 heavy (non-hydrogen) atoms. The highest BCUT2D eigenvalue weighted by Crippen LogP contribution is 2.14. The smallest absolute Gasteiger partial charge is 0.409 e. The molecule has 1 saturated heterocycles. The fraction of sp³-hybridized carbons (Fsp3) is 0.526. The lowest BCUT2D eigenvalue weighted by Gasteiger charge is -2.33. The second-order valence-corrected chi connectivity index (χ2v) is 6.30. The summed E-state index contributed by atoms with van der Waals surface area (Å²) in [6.45, 7) is 6.54. The average molecular weight is 376 g/mol. The van der Waals surface area contributed by atoms with E-state index < -0.39 is 0 Å². The number of aryl methyl sites for hydroxylation is 1. The number of rotatable bonds is 7. The van der Waals surface area contributed by atoms with Crippen LogP contribution in [0.25, 0.3) is 0 Å². The molecule has 8 heteroatoms. The van der Waals surface area contributed by atoms with Crippen molar-refractivity contribution in [3.8, 4) is 0 Å². The van der Waals surface area contributed by atoms with E-state index in [1.165, 1.54) is 0 Å². The Balaban J connectivity index is 1.69. The van der Waals surface area contributed by atoms with Gasteiger partial charge < -0.3 is 20.3 Å². The van der Waals surface area contributed by atoms with E-state index in [1.807, 2.05) is 36.1 Å². The second kappa shape index (κ2) is 10.5. The maximum atomic E-state index is 12.1. The highest BCUT2D eigenvalue weighted by molar-refractivity contribution is 5.95. The molecule has 0 atom stereocenters. The number of ether oxygens (including phenoxy) is 1. The van der Waals surface area contributed by atoms with Gasteiger partial charge in [-0.1, -0.05) is 25.1 Å². The van der Waals surface area contributed by atoms with Gasteiger partial charge >= 0.3 is 6.09 Å². The molecule has 2 N–H and O–H groups in total. The molecular formula is C19H28N4O4. The third-order valence-corrected chi connectivity index (χ3v) is 4.38. The molecule has 0 saturated carbocycles. The molecule has 0 radical (unpaired) electrons. The fourth-order valence-electron chi connectivity index (χ4n) is 2.89. The van der Waals surface area contributed by atoms with Crippen molar-refractivity contribution in [2.75, 3.05) is 51.2 Å². The predicted molar refractivity (Wildman–Crippen MR) is 102 cm³/mol. The molecule has 1 aliphatic heterocycles. The first kappa shape index (κ1) is 20.7. The predicted octanol–water partition coefficient (Wildman–Crippen LogP) is 1.08. The molecule has 0 aliphatic carbocycles. The standard InChI is InChI=1S/C19H28N4O4/c1-3-15-7-5-6-8-16(15)21-17(24)13-20-18(25)14-22-9-11-23(12-10-22)19(26)27-4-2/h5-8H,3-4,9-14H2,1-2H3,(H,20,25)(H,21,24). The zero-order valence-electron chi connectivity index (χ0n) is 16.0. The summed E-state index contributed by atoms with van der Waals surface area (Å²) >= 11 is 0. The van der Waals surface area contributed by atoms with Crippen molar-refractivity contribution < 1.29 is 19.1 Å². The summed E-state index contributed by atoms with van der Waals surface area (Å²) in [5.74, 6) is -0.463. The van der Waals surface area contributed by atoms with Crippen molar-refractivity contribution in [1.29, 1.82) is 0 Å². The van der Waals surface area contributed by atoms with Gasteiger partial charge in [0.05, 0.1) is 19.7 Å². The lowest BCUT2D eigenvalue weighted by molar-refractivity contribution is -0.125. The number of para-hydroxylation sites is 1. The summed E-state index contributed by atoms with van der Waals surface area (Å²) in [4.78, 5) is 39.4. The summed E-state index contributed by atoms with van der Waals surface area (Å²) < 4.78 is 4.97. The first-order valence-corrected chi connectivity index (χ1v) is 9.32. The van der Waals surface area contributed by atoms with Crippen LogP contribution in [0.15, 0.2) is 24.3 Å². The summed E-state index contributed by atoms with van der Waals surface area (Å²) in [6.07, 6.45) is 0.506. The van der Waals surface area contributed by atoms with Crippen LogP contribution in [0.4, 0.5) is 10.5 Å². The normalized spacial score (nSPS) is 14.5. The fourth-order valence-corrected chi connectivity index (χ4v) is 2.89. The molecule has 1 aromatic carbocycles. The van der Waals surface area contributed by atoms with Gasteiger partial charge in [0, 0.05) is 31.9 Å². The largest absolute Gasteiger partial charge is 0.450 e. The Kier molecular flexibility index (Phi) is 8.06. The van der Waals surface area contributed by atoms with Crippen LogP contribution in [0.5, 0.6) is 0 Å². The monoisotopic (exact) mass is 376 g/mol. The van der Waals surface area contributed by atoms with Gasteiger partial charge in [0.1, 0.15) is 0 Å². The Bertz CT molecular complexity index is 657. The highest BCUT2D eigenvalue weighted by Gasteiger charge is 2.23. The molecule has 2 rings (SSSR count). The van der Waals surface area contributed by atoms with Gasteiger partial charge in [-0.05, 0) is 25.0 Å². The van der Waals surface area contributed by atoms with Gasteiger partial charge in [0.15, 0.2) is 0 Å². The van der Waals surface area contributed by atoms with Crippen LogP contribution in [-0.2, 0) is 20.7 Å². The number of carbonyl (C=O) groups excluding carboxylic acids is 3. The summed E-state index contributed by atoms with van der Waals surface area (Å²) in [6, 6.07) is 7.60. The number of carbonyl (C=O) groups is 3. The molecule has 1 fully saturated rings. The van der Waals surface area contributed by atoms with Gasteiger partial charge in [0.25, 0.3) is 0 Å². The van der Waals surface area contributed by atoms with Gasteiger partial charge in [0.2, 0.25) is 11.8 Å². The van der Waals surface area contributed by atoms with Crippen molar-refractivity contribution in [2.45, 2.75) is 20.3 Å². The lowest BCUT2D eigenvalue weighted by Crippen LogP contribution is -2.51. The van der Waals surface area contributed by atoms with Crippen molar-refractivity contribution in [1.82, 2.24) is 15.1 Å². The molecule has 1 heterocycles. The van der Waals surface area contributed by atoms with E-state index in [0.717, 1.165) is 17.7 Å². The van der Waals surface area contributed by atoms with Crippen molar-refractivity contribution in [3.63, 3.8) is 0 Å². The Labute approximate surface area is 159 Å². The zero-order chi connectivity index (χ0) is 19.6. The molecule has 0 bridgehead atoms. The Morgan fingerprint density at radius 2 is 1.74 bits per heavy atom. The first-order valence-electron chi connectivity index (χ1n) is 9.32. The minimum atomic E-state index is -0.314. The molecule has 3 amide bonds. The Hall–Kier alpha value is -2.61. The van der Waals surface area contributed by atoms with Crippen LogP contribution < -0.4 is 10.6 Å². The molecular weight excluding hydrogens is 348 g/mol. The topological polar surface area (TPSA) is 91.0 Å². The SMILES string of the molecule is CCOC(=O)N1CCN(CC(=O)NCC(=O)Nc2ccccc2CC)CC1. The van der Waals surface area contributed by atoms with Crippen LogP contribution in [0.1, 0.15) is 19.4 Å². The molecule has 1 aliphatic rings. The van der Waals surface area contributed by atoms with Gasteiger partial charge in [-0.2, -0.15) is 0 Å². The molecule has 148 valence electrons. The van der Waals surface area contributed by atoms with Crippen LogP contribution in [0.2, 0.25) is 0 Å². The summed E-state index contributed by atoms with van der Waals surface area (Å²) in [5, 5.41) is 5.47. The third kappa shape index (κ3) is 6.56. The maximum Gasteiger partial charge on any atom is 0.409 e. The summed E-state index contributed by atoms with van der Waals surface area (Å²) in [7, 11) is 0. The van der Waals surface area contributed by atoms with Gasteiger partial charge in [-0.3, -0.25) is 14.5 Å². The quantitative estimate of drug-likeness (QED) is 0.743. The van der Waals surface area contributed by atoms with Crippen LogP contribution >= 0.6 is 0 Å². The van der Waals surface area contributed by atoms with E-state index in [2.05, 4.69) is 10.6 Å². The minimum absolute atomic E-state index is 0.0698. The number of hydrogen-bond donors (Lipinski definition) is 2. The lowest BCUT2D eigenvalue weighted by atomic mass is 10.1. The van der Waals surface area contributed by atoms with Crippen molar-refractivity contribution in [3.05, 3.63) is 29.8 Å². The molecule has 0 spiro atoms. The highest BCUT2D eigenvalue weighted by atomic mass is 16.6. The number of nitrogens with zero attached hydrogens (tertiary/aromatic N) is 2. The number of hydrogen-bond acceptors (Lipinski definition) is 5. The molecule has 8 nitrogen and oxygen atoms in total. The minimum Gasteiger partial charge on any atom is -0.450 e. The first-order chi connectivity index (χ1) is 13.0. The van der Waals surface area contributed by atoms with E-state index in [-0.39, 0.29) is 31.0 Å². The van der Waals surface area contributed by atoms with Crippen molar-refractivity contribution >= 4 is 23.6 Å². The third-order valence-electron chi connectivity index (χ3n) is 4.38. The average Bonchev–Trinajstić information content (AvgIpc) is 2.67. The number of anilines is 1. The van der Waals surface area contributed by atoms with E-state index in [4.69, 9.17) is 4.74 Å². The van der Waals surface area contributed by atoms with Crippen LogP contribution in [0.3, 0.4) is 0 Å². The van der Waals surface area contributed by atoms with Crippen LogP contribution in [-0.4, -0.2) is 73.6 Å². The Morgan fingerprint density at radius 3 is 2.41 bits per heavy atom. The van der Waals surface area contributed by atoms with Gasteiger partial charge in [-0.15, -0.1) is 0 Å². The van der Waals surface area contributed by atoms with Gasteiger partial charge in [-0.25, -0.2) is 4.79 Å². The zero-order valence-corrected chi connectivity index (χ0v) is 16.0. The molecule has 1 aromatic rings. The summed E-state index contributed by atoms with van der Waals surface area (Å²) in [5.41, 5.74) is 1.82. The van der Waals surface area contributed by atoms with Crippen molar-refractivity contribution in [2.24, 2.45) is 0 Å². The van der Waals surface area contributed by atoms with E-state index >= 15 is 0 Å². The van der Waals surface area contributed by atoms with E-state index in [9.17, 15) is 14.4 Å².